The Morgan fingerprint density at radius 2 is 1.67 bits per heavy atom. The summed E-state index contributed by atoms with van der Waals surface area (Å²) in [5, 5.41) is 9.64. The fourth-order valence-electron chi connectivity index (χ4n) is 2.24. The van der Waals surface area contributed by atoms with E-state index in [1.54, 1.807) is 18.2 Å². The number of nitrogen functional groups attached to an aromatic ring is 1. The Labute approximate surface area is 139 Å². The van der Waals surface area contributed by atoms with Gasteiger partial charge in [-0.1, -0.05) is 30.3 Å². The van der Waals surface area contributed by atoms with Crippen LogP contribution in [0.5, 0.6) is 5.75 Å². The molecule has 1 heterocycles. The molecule has 1 aromatic heterocycles. The first-order valence-electron chi connectivity index (χ1n) is 7.09. The Balaban J connectivity index is 1.90. The van der Waals surface area contributed by atoms with Crippen LogP contribution in [0.2, 0.25) is 0 Å². The van der Waals surface area contributed by atoms with Crippen molar-refractivity contribution in [2.75, 3.05) is 10.5 Å². The minimum Gasteiger partial charge on any atom is -0.504 e. The fraction of sp³-hybridized carbons (Fsp3) is 0. The highest BCUT2D eigenvalue weighted by Crippen LogP contribution is 2.27. The minimum atomic E-state index is -3.85. The van der Waals surface area contributed by atoms with Gasteiger partial charge in [-0.15, -0.1) is 0 Å². The van der Waals surface area contributed by atoms with Gasteiger partial charge in [0, 0.05) is 17.4 Å². The molecular weight excluding hydrogens is 326 g/mol. The maximum Gasteiger partial charge on any atom is 0.263 e. The van der Waals surface area contributed by atoms with Gasteiger partial charge in [-0.25, -0.2) is 13.4 Å². The monoisotopic (exact) mass is 341 g/mol. The van der Waals surface area contributed by atoms with Gasteiger partial charge in [-0.2, -0.15) is 0 Å². The molecule has 0 fully saturated rings. The lowest BCUT2D eigenvalue weighted by atomic mass is 10.0. The van der Waals surface area contributed by atoms with Gasteiger partial charge >= 0.3 is 0 Å². The van der Waals surface area contributed by atoms with Gasteiger partial charge in [0.2, 0.25) is 0 Å². The van der Waals surface area contributed by atoms with Crippen LogP contribution in [-0.4, -0.2) is 18.5 Å². The van der Waals surface area contributed by atoms with Crippen molar-refractivity contribution in [3.05, 3.63) is 66.9 Å². The second kappa shape index (κ2) is 6.21. The smallest absolute Gasteiger partial charge is 0.263 e. The van der Waals surface area contributed by atoms with Crippen molar-refractivity contribution < 1.29 is 13.5 Å². The van der Waals surface area contributed by atoms with Gasteiger partial charge in [0.05, 0.1) is 4.90 Å². The average Bonchev–Trinajstić information content (AvgIpc) is 2.57. The van der Waals surface area contributed by atoms with Crippen LogP contribution in [0.3, 0.4) is 0 Å². The molecule has 0 unspecified atom stereocenters. The molecular formula is C17H15N3O3S. The number of nitrogens with two attached hydrogens (primary N) is 1. The number of aromatic hydroxyl groups is 1. The predicted molar refractivity (Wildman–Crippen MR) is 93.0 cm³/mol. The second-order valence-corrected chi connectivity index (χ2v) is 6.77. The summed E-state index contributed by atoms with van der Waals surface area (Å²) < 4.78 is 27.0. The fourth-order valence-corrected chi connectivity index (χ4v) is 3.26. The van der Waals surface area contributed by atoms with E-state index in [2.05, 4.69) is 9.71 Å². The molecule has 0 saturated heterocycles. The SMILES string of the molecule is Nc1ccccc1-c1ccc(S(=O)(=O)Nc2ncccc2O)cc1. The molecule has 0 bridgehead atoms. The molecule has 0 aliphatic heterocycles. The maximum absolute atomic E-state index is 12.4. The number of sulfonamides is 1. The first-order valence-corrected chi connectivity index (χ1v) is 8.57. The molecule has 0 aliphatic carbocycles. The topological polar surface area (TPSA) is 105 Å². The Hall–Kier alpha value is -3.06. The van der Waals surface area contributed by atoms with Gasteiger partial charge < -0.3 is 10.8 Å². The van der Waals surface area contributed by atoms with Crippen LogP contribution in [0.25, 0.3) is 11.1 Å². The van der Waals surface area contributed by atoms with Crippen molar-refractivity contribution in [1.29, 1.82) is 0 Å². The number of rotatable bonds is 4. The molecule has 6 nitrogen and oxygen atoms in total. The Morgan fingerprint density at radius 3 is 2.33 bits per heavy atom. The van der Waals surface area contributed by atoms with Crippen LogP contribution in [0.1, 0.15) is 0 Å². The van der Waals surface area contributed by atoms with E-state index in [0.717, 1.165) is 11.1 Å². The first-order chi connectivity index (χ1) is 11.5. The molecule has 0 atom stereocenters. The predicted octanol–water partition coefficient (Wildman–Crippen LogP) is 2.84. The highest BCUT2D eigenvalue weighted by molar-refractivity contribution is 7.92. The summed E-state index contributed by atoms with van der Waals surface area (Å²) in [4.78, 5) is 3.87. The summed E-state index contributed by atoms with van der Waals surface area (Å²) in [7, 11) is -3.85. The Bertz CT molecular complexity index is 970. The number of hydrogen-bond donors (Lipinski definition) is 3. The van der Waals surface area contributed by atoms with Crippen molar-refractivity contribution in [3.63, 3.8) is 0 Å². The van der Waals surface area contributed by atoms with Crippen molar-refractivity contribution in [3.8, 4) is 16.9 Å². The standard InChI is InChI=1S/C17H15N3O3S/c18-15-5-2-1-4-14(15)12-7-9-13(10-8-12)24(22,23)20-17-16(21)6-3-11-19-17/h1-11,21H,18H2,(H,19,20). The van der Waals surface area contributed by atoms with Gasteiger partial charge in [-0.05, 0) is 35.9 Å². The number of benzene rings is 2. The van der Waals surface area contributed by atoms with Crippen molar-refractivity contribution in [1.82, 2.24) is 4.98 Å². The summed E-state index contributed by atoms with van der Waals surface area (Å²) in [6.45, 7) is 0. The van der Waals surface area contributed by atoms with Crippen molar-refractivity contribution in [2.45, 2.75) is 4.90 Å². The van der Waals surface area contributed by atoms with E-state index in [1.165, 1.54) is 30.5 Å². The van der Waals surface area contributed by atoms with Crippen LogP contribution >= 0.6 is 0 Å². The zero-order chi connectivity index (χ0) is 17.2. The van der Waals surface area contributed by atoms with Crippen LogP contribution in [0, 0.1) is 0 Å². The molecule has 3 rings (SSSR count). The summed E-state index contributed by atoms with van der Waals surface area (Å²) in [5.74, 6) is -0.358. The molecule has 0 radical (unpaired) electrons. The van der Waals surface area contributed by atoms with E-state index >= 15 is 0 Å². The normalized spacial score (nSPS) is 11.2. The van der Waals surface area contributed by atoms with Crippen LogP contribution in [0.4, 0.5) is 11.5 Å². The number of pyridine rings is 1. The van der Waals surface area contributed by atoms with E-state index in [9.17, 15) is 13.5 Å². The number of aromatic nitrogens is 1. The lowest BCUT2D eigenvalue weighted by Crippen LogP contribution is -2.13. The highest BCUT2D eigenvalue weighted by Gasteiger charge is 2.17. The number of hydrogen-bond acceptors (Lipinski definition) is 5. The molecule has 0 amide bonds. The van der Waals surface area contributed by atoms with Crippen LogP contribution in [-0.2, 0) is 10.0 Å². The summed E-state index contributed by atoms with van der Waals surface area (Å²) >= 11 is 0. The third-order valence-electron chi connectivity index (χ3n) is 3.45. The number of nitrogens with zero attached hydrogens (tertiary/aromatic N) is 1. The number of nitrogens with one attached hydrogen (secondary N) is 1. The maximum atomic E-state index is 12.4. The third kappa shape index (κ3) is 3.16. The lowest BCUT2D eigenvalue weighted by molar-refractivity contribution is 0.475. The zero-order valence-corrected chi connectivity index (χ0v) is 13.4. The largest absolute Gasteiger partial charge is 0.504 e. The van der Waals surface area contributed by atoms with Gasteiger partial charge in [0.25, 0.3) is 10.0 Å². The molecule has 2 aromatic carbocycles. The van der Waals surface area contributed by atoms with E-state index in [-0.39, 0.29) is 16.5 Å². The molecule has 0 aliphatic rings. The number of para-hydroxylation sites is 1. The van der Waals surface area contributed by atoms with Gasteiger partial charge in [0.15, 0.2) is 11.6 Å². The van der Waals surface area contributed by atoms with E-state index in [0.29, 0.717) is 5.69 Å². The summed E-state index contributed by atoms with van der Waals surface area (Å²) in [6, 6.07) is 16.5. The minimum absolute atomic E-state index is 0.0609. The van der Waals surface area contributed by atoms with E-state index in [1.807, 2.05) is 18.2 Å². The van der Waals surface area contributed by atoms with Crippen molar-refractivity contribution in [2.24, 2.45) is 0 Å². The molecule has 3 aromatic rings. The van der Waals surface area contributed by atoms with Crippen molar-refractivity contribution >= 4 is 21.5 Å². The molecule has 7 heteroatoms. The average molecular weight is 341 g/mol. The first kappa shape index (κ1) is 15.8. The molecule has 24 heavy (non-hydrogen) atoms. The van der Waals surface area contributed by atoms with E-state index in [4.69, 9.17) is 5.73 Å². The summed E-state index contributed by atoms with van der Waals surface area (Å²) in [5.41, 5.74) is 8.19. The number of anilines is 2. The van der Waals surface area contributed by atoms with Crippen LogP contribution in [0.15, 0.2) is 71.8 Å². The highest BCUT2D eigenvalue weighted by atomic mass is 32.2. The second-order valence-electron chi connectivity index (χ2n) is 5.09. The lowest BCUT2D eigenvalue weighted by Gasteiger charge is -2.10. The van der Waals surface area contributed by atoms with E-state index < -0.39 is 10.0 Å². The van der Waals surface area contributed by atoms with Gasteiger partial charge in [0.1, 0.15) is 0 Å². The zero-order valence-electron chi connectivity index (χ0n) is 12.5. The van der Waals surface area contributed by atoms with Crippen LogP contribution < -0.4 is 10.5 Å². The Kier molecular flexibility index (Phi) is 4.09. The summed E-state index contributed by atoms with van der Waals surface area (Å²) in [6.07, 6.45) is 1.39. The molecule has 0 spiro atoms. The Morgan fingerprint density at radius 1 is 0.958 bits per heavy atom. The molecule has 0 saturated carbocycles. The quantitative estimate of drug-likeness (QED) is 0.633. The molecule has 122 valence electrons. The van der Waals surface area contributed by atoms with Gasteiger partial charge in [-0.3, -0.25) is 4.72 Å². The third-order valence-corrected chi connectivity index (χ3v) is 4.81. The molecule has 4 N–H and O–H groups in total.